The maximum Gasteiger partial charge on any atom is 0.472 e. The third-order valence-corrected chi connectivity index (χ3v) is 21.9. The van der Waals surface area contributed by atoms with Crippen molar-refractivity contribution in [3.8, 4) is 0 Å². The zero-order chi connectivity index (χ0) is 80.3. The third-order valence-electron chi connectivity index (χ3n) is 17.4. The Balaban J connectivity index is 0.805. The Kier molecular flexibility index (Phi) is 24.5. The SMILES string of the molecule is CO[C@@H]1[C@H](OP(=O)(O)OC[C@H]2O[C@@H](n3ccc(=O)[nH]c3=O)[C@H](OC)[C@@H]2OP(=O)(O)OC[C@H]2O[C@@H](n3cnc4c(=O)[nH]c(N)nc43)[C@H](OC)[C@@H]2OP(=O)(O)OC[C@H]2O[C@@H](n3cnc4c(=O)[nH]c(N)nc43)[C@H](OC)[C@@H]2OP(=O)(O)OC[C@H]2O[C@@H](n3ccc(=O)[nH]c3=O)[C@H](O)[C@@H]2O)[C@@H](COP(=O)(O)O)O[C@H]1n1ccc(N)nc1=O. The fraction of sp³-hybridized carbons (Fsp3) is 0.569. The first kappa shape index (κ1) is 82.9. The van der Waals surface area contributed by atoms with Crippen molar-refractivity contribution in [2.75, 3.05) is 78.7 Å². The summed E-state index contributed by atoms with van der Waals surface area (Å²) in [5.41, 5.74) is 9.30. The van der Waals surface area contributed by atoms with Gasteiger partial charge in [0.15, 0.2) is 53.5 Å². The normalized spacial score (nSPS) is 31.3. The van der Waals surface area contributed by atoms with Gasteiger partial charge in [-0.1, -0.05) is 0 Å². The molecule has 60 heteroatoms. The molecule has 5 fully saturated rings. The molecule has 0 spiro atoms. The summed E-state index contributed by atoms with van der Waals surface area (Å²) >= 11 is 0. The minimum absolute atomic E-state index is 0.247. The number of hydrogen-bond donors (Lipinski definition) is 15. The highest BCUT2D eigenvalue weighted by atomic mass is 31.2. The molecule has 111 heavy (non-hydrogen) atoms. The van der Waals surface area contributed by atoms with Gasteiger partial charge in [-0.25, -0.2) is 47.2 Å². The standard InChI is InChI=1S/C51H68N17O38P5/c1-89-34-30(19(12-93-107(78,79)80)99-43(34)65-8-5-23(52)57-49(65)75)103-109(83,84)95-13-20-31(35(90-2)44(100-20)66-10-7-25(70)59-51(66)77)104-110(85,86)96-15-22-33(37(92-4)46(102-22)68-17-56-27-39(68)61-48(54)63-41(27)74)106-111(87,88)97-14-21-32(36(91-3)45(101-21)67-16-55-26-38(67)60-47(53)62-40(26)73)105-108(81,82)94-11-18-28(71)29(72)42(98-18)64-9-6-24(69)58-50(64)76/h5-10,16-22,28-37,42-46,71-72H,11-15H2,1-4H3,(H,81,82)(H,83,84)(H,85,86)(H,87,88)(H2,52,57,75)(H,58,69,76)(H,59,70,77)(H2,78,79,80)(H3,53,60,62,73)(H3,54,61,63,74)/t18-,19-,20-,21-,22-,28-,29-,30-,31-,32-,33-,34-,35-,36-,37-,42-,43-,44-,45-,46-/m1/s1. The van der Waals surface area contributed by atoms with Crippen LogP contribution in [-0.2, 0) is 106 Å². The minimum Gasteiger partial charge on any atom is -0.387 e. The molecule has 7 aromatic rings. The van der Waals surface area contributed by atoms with Crippen LogP contribution in [0.15, 0.2) is 83.0 Å². The van der Waals surface area contributed by atoms with Crippen LogP contribution in [0.1, 0.15) is 31.1 Å². The number of anilines is 3. The first-order valence-electron chi connectivity index (χ1n) is 31.8. The first-order valence-corrected chi connectivity index (χ1v) is 39.3. The number of aliphatic hydroxyl groups excluding tert-OH is 2. The van der Waals surface area contributed by atoms with Gasteiger partial charge in [0, 0.05) is 59.2 Å². The van der Waals surface area contributed by atoms with Crippen LogP contribution in [0.25, 0.3) is 22.3 Å². The van der Waals surface area contributed by atoms with E-state index in [1.54, 1.807) is 0 Å². The molecular formula is C51H68N17O38P5. The van der Waals surface area contributed by atoms with Gasteiger partial charge in [0.25, 0.3) is 22.2 Å². The van der Waals surface area contributed by atoms with E-state index in [-0.39, 0.29) is 28.1 Å². The average Bonchev–Trinajstić information content (AvgIpc) is 1.62. The molecule has 12 rings (SSSR count). The lowest BCUT2D eigenvalue weighted by Gasteiger charge is -2.28. The molecule has 0 amide bonds. The number of aromatic nitrogens is 14. The van der Waals surface area contributed by atoms with Gasteiger partial charge in [0.1, 0.15) is 97.4 Å². The summed E-state index contributed by atoms with van der Waals surface area (Å²) in [5, 5.41) is 21.7. The monoisotopic (exact) mass is 1680 g/mol. The summed E-state index contributed by atoms with van der Waals surface area (Å²) in [6.07, 6.45) is -32.0. The van der Waals surface area contributed by atoms with Gasteiger partial charge < -0.3 is 99.4 Å². The second kappa shape index (κ2) is 32.7. The largest absolute Gasteiger partial charge is 0.472 e. The van der Waals surface area contributed by atoms with Crippen molar-refractivity contribution in [1.29, 1.82) is 0 Å². The van der Waals surface area contributed by atoms with Gasteiger partial charge in [-0.3, -0.25) is 103 Å². The lowest BCUT2D eigenvalue weighted by Crippen LogP contribution is -2.40. The van der Waals surface area contributed by atoms with Gasteiger partial charge in [-0.05, 0) is 6.07 Å². The molecule has 12 heterocycles. The Bertz CT molecular complexity index is 5280. The predicted octanol–water partition coefficient (Wildman–Crippen LogP) is -6.26. The average molecular weight is 1680 g/mol. The van der Waals surface area contributed by atoms with Crippen LogP contribution >= 0.6 is 39.1 Å². The van der Waals surface area contributed by atoms with E-state index in [2.05, 4.69) is 39.4 Å². The van der Waals surface area contributed by atoms with Crippen LogP contribution in [0.5, 0.6) is 0 Å². The molecule has 0 saturated carbocycles. The lowest BCUT2D eigenvalue weighted by atomic mass is 10.1. The number of nitrogens with one attached hydrogen (secondary N) is 4. The van der Waals surface area contributed by atoms with Crippen molar-refractivity contribution in [3.63, 3.8) is 0 Å². The van der Waals surface area contributed by atoms with E-state index < -0.39 is 246 Å². The predicted molar refractivity (Wildman–Crippen MR) is 356 cm³/mol. The summed E-state index contributed by atoms with van der Waals surface area (Å²) < 4.78 is 175. The molecule has 18 N–H and O–H groups in total. The molecule has 0 aromatic carbocycles. The van der Waals surface area contributed by atoms with E-state index >= 15 is 0 Å². The summed E-state index contributed by atoms with van der Waals surface area (Å²) in [5.74, 6) is -1.15. The van der Waals surface area contributed by atoms with Crippen LogP contribution in [0, 0.1) is 0 Å². The molecule has 5 aliphatic heterocycles. The Morgan fingerprint density at radius 3 is 1.09 bits per heavy atom. The van der Waals surface area contributed by atoms with E-state index in [4.69, 9.17) is 96.0 Å². The van der Waals surface area contributed by atoms with Crippen LogP contribution in [0.4, 0.5) is 17.7 Å². The molecule has 7 aromatic heterocycles. The van der Waals surface area contributed by atoms with Gasteiger partial charge in [0.2, 0.25) is 11.9 Å². The molecule has 55 nitrogen and oxygen atoms in total. The number of H-pyrrole nitrogens is 4. The van der Waals surface area contributed by atoms with Crippen molar-refractivity contribution < 1.29 is 146 Å². The fourth-order valence-electron chi connectivity index (χ4n) is 12.6. The van der Waals surface area contributed by atoms with Crippen LogP contribution in [-0.4, -0.2) is 260 Å². The third kappa shape index (κ3) is 18.0. The molecule has 610 valence electrons. The minimum atomic E-state index is -5.87. The van der Waals surface area contributed by atoms with Gasteiger partial charge in [0.05, 0.1) is 45.7 Å². The number of imidazole rings is 2. The molecule has 0 bridgehead atoms. The molecule has 5 aliphatic rings. The van der Waals surface area contributed by atoms with Crippen molar-refractivity contribution in [2.24, 2.45) is 0 Å². The summed E-state index contributed by atoms with van der Waals surface area (Å²) in [6.45, 7) is -6.01. The Morgan fingerprint density at radius 2 is 0.739 bits per heavy atom. The number of nitrogens with zero attached hydrogens (tertiary/aromatic N) is 10. The van der Waals surface area contributed by atoms with Crippen LogP contribution in [0.3, 0.4) is 0 Å². The zero-order valence-corrected chi connectivity index (χ0v) is 61.4. The lowest BCUT2D eigenvalue weighted by molar-refractivity contribution is -0.0666. The highest BCUT2D eigenvalue weighted by molar-refractivity contribution is 7.48. The number of aromatic amines is 4. The number of nitrogen functional groups attached to an aromatic ring is 3. The van der Waals surface area contributed by atoms with E-state index in [1.165, 1.54) is 0 Å². The van der Waals surface area contributed by atoms with Crippen LogP contribution < -0.4 is 56.5 Å². The van der Waals surface area contributed by atoms with Gasteiger partial charge >= 0.3 is 56.2 Å². The van der Waals surface area contributed by atoms with Crippen LogP contribution in [0.2, 0.25) is 0 Å². The quantitative estimate of drug-likeness (QED) is 0.0174. The summed E-state index contributed by atoms with van der Waals surface area (Å²) in [6, 6.07) is 2.90. The number of rotatable bonds is 32. The van der Waals surface area contributed by atoms with Gasteiger partial charge in [-0.2, -0.15) is 15.0 Å². The molecular weight excluding hydrogens is 1610 g/mol. The van der Waals surface area contributed by atoms with Crippen molar-refractivity contribution in [3.05, 3.63) is 122 Å². The maximum atomic E-state index is 14.7. The van der Waals surface area contributed by atoms with Crippen molar-refractivity contribution >= 4 is 79.2 Å². The Hall–Kier alpha value is -7.55. The number of phosphoric ester groups is 5. The number of methoxy groups -OCH3 is 4. The second-order valence-electron chi connectivity index (χ2n) is 24.4. The summed E-state index contributed by atoms with van der Waals surface area (Å²) in [4.78, 5) is 183. The van der Waals surface area contributed by atoms with E-state index in [1.807, 2.05) is 9.97 Å². The second-order valence-corrected chi connectivity index (χ2v) is 31.2. The van der Waals surface area contributed by atoms with E-state index in [0.29, 0.717) is 9.13 Å². The zero-order valence-electron chi connectivity index (χ0n) is 57.0. The molecule has 0 radical (unpaired) electrons. The number of hydrogen-bond acceptors (Lipinski definition) is 40. The van der Waals surface area contributed by atoms with Gasteiger partial charge in [-0.15, -0.1) is 0 Å². The number of phosphoric acid groups is 5. The number of ether oxygens (including phenoxy) is 9. The molecule has 24 atom stereocenters. The first-order chi connectivity index (χ1) is 52.3. The van der Waals surface area contributed by atoms with Crippen molar-refractivity contribution in [2.45, 2.75) is 123 Å². The van der Waals surface area contributed by atoms with Crippen molar-refractivity contribution in [1.82, 2.24) is 67.7 Å². The molecule has 5 saturated heterocycles. The highest BCUT2D eigenvalue weighted by Crippen LogP contribution is 2.56. The number of aliphatic hydroxyl groups is 2. The highest BCUT2D eigenvalue weighted by Gasteiger charge is 2.58. The fourth-order valence-corrected chi connectivity index (χ4v) is 16.8. The number of fused-ring (bicyclic) bond motifs is 2. The smallest absolute Gasteiger partial charge is 0.387 e. The number of nitrogens with two attached hydrogens (primary N) is 3. The Labute approximate surface area is 614 Å². The Morgan fingerprint density at radius 1 is 0.414 bits per heavy atom. The summed E-state index contributed by atoms with van der Waals surface area (Å²) in [7, 11) is -24.3. The maximum absolute atomic E-state index is 14.7. The van der Waals surface area contributed by atoms with E-state index in [9.17, 15) is 96.0 Å². The van der Waals surface area contributed by atoms with E-state index in [0.717, 1.165) is 91.6 Å². The topological polar surface area (TPSA) is 763 Å². The molecule has 4 unspecified atom stereocenters. The molecule has 0 aliphatic carbocycles.